The molecule has 0 aromatic carbocycles. The van der Waals surface area contributed by atoms with Crippen LogP contribution in [-0.4, -0.2) is 49.2 Å². The molecule has 1 aromatic heterocycles. The van der Waals surface area contributed by atoms with Crippen molar-refractivity contribution in [3.63, 3.8) is 0 Å². The minimum atomic E-state index is -0.330. The van der Waals surface area contributed by atoms with Gasteiger partial charge in [0, 0.05) is 18.0 Å². The average Bonchev–Trinajstić information content (AvgIpc) is 3.28. The van der Waals surface area contributed by atoms with Crippen molar-refractivity contribution in [2.75, 3.05) is 26.2 Å². The first-order chi connectivity index (χ1) is 11.7. The molecular formula is C18H29N3O2S. The average molecular weight is 352 g/mol. The molecule has 6 heteroatoms. The number of hydrogen-bond donors (Lipinski definition) is 2. The summed E-state index contributed by atoms with van der Waals surface area (Å²) in [6, 6.07) is 4.54. The number of rotatable bonds is 6. The van der Waals surface area contributed by atoms with E-state index in [9.17, 15) is 4.79 Å². The zero-order chi connectivity index (χ0) is 16.9. The lowest BCUT2D eigenvalue weighted by Crippen LogP contribution is -2.44. The second-order valence-corrected chi connectivity index (χ2v) is 8.03. The van der Waals surface area contributed by atoms with Crippen molar-refractivity contribution in [1.29, 1.82) is 0 Å². The van der Waals surface area contributed by atoms with Gasteiger partial charge in [0.25, 0.3) is 0 Å². The number of nitrogens with zero attached hydrogens (tertiary/aromatic N) is 1. The molecule has 2 saturated heterocycles. The van der Waals surface area contributed by atoms with Crippen LogP contribution in [0.4, 0.5) is 0 Å². The van der Waals surface area contributed by atoms with E-state index in [4.69, 9.17) is 10.5 Å². The molecule has 2 aliphatic rings. The van der Waals surface area contributed by atoms with Crippen LogP contribution < -0.4 is 11.1 Å². The number of carbonyl (C=O) groups excluding carboxylic acids is 1. The van der Waals surface area contributed by atoms with Crippen LogP contribution in [0.3, 0.4) is 0 Å². The monoisotopic (exact) mass is 351 g/mol. The number of amides is 1. The minimum absolute atomic E-state index is 0.0119. The van der Waals surface area contributed by atoms with Gasteiger partial charge in [-0.2, -0.15) is 0 Å². The first-order valence-electron chi connectivity index (χ1n) is 9.08. The topological polar surface area (TPSA) is 67.6 Å². The number of carbonyl (C=O) groups is 1. The zero-order valence-electron chi connectivity index (χ0n) is 14.4. The third-order valence-corrected chi connectivity index (χ3v) is 6.24. The van der Waals surface area contributed by atoms with Crippen molar-refractivity contribution in [3.8, 4) is 0 Å². The van der Waals surface area contributed by atoms with E-state index in [-0.39, 0.29) is 24.2 Å². The van der Waals surface area contributed by atoms with E-state index in [2.05, 4.69) is 34.7 Å². The molecule has 0 saturated carbocycles. The van der Waals surface area contributed by atoms with Gasteiger partial charge in [0.05, 0.1) is 12.1 Å². The van der Waals surface area contributed by atoms with E-state index in [0.29, 0.717) is 13.1 Å². The summed E-state index contributed by atoms with van der Waals surface area (Å²) in [5, 5.41) is 5.24. The first kappa shape index (κ1) is 17.9. The second kappa shape index (κ2) is 8.43. The third-order valence-electron chi connectivity index (χ3n) is 5.26. The van der Waals surface area contributed by atoms with E-state index >= 15 is 0 Å². The van der Waals surface area contributed by atoms with Crippen molar-refractivity contribution in [1.82, 2.24) is 10.2 Å². The molecule has 3 heterocycles. The van der Waals surface area contributed by atoms with Crippen LogP contribution in [0, 0.1) is 5.92 Å². The van der Waals surface area contributed by atoms with E-state index in [1.165, 1.54) is 17.7 Å². The number of piperidine rings is 1. The Morgan fingerprint density at radius 3 is 2.83 bits per heavy atom. The van der Waals surface area contributed by atoms with Gasteiger partial charge in [-0.05, 0) is 56.1 Å². The molecule has 5 nitrogen and oxygen atoms in total. The maximum Gasteiger partial charge on any atom is 0.249 e. The molecule has 0 spiro atoms. The maximum atomic E-state index is 12.4. The molecule has 134 valence electrons. The summed E-state index contributed by atoms with van der Waals surface area (Å²) in [7, 11) is 0. The van der Waals surface area contributed by atoms with Crippen LogP contribution >= 0.6 is 11.3 Å². The molecule has 0 bridgehead atoms. The van der Waals surface area contributed by atoms with Gasteiger partial charge in [-0.3, -0.25) is 9.69 Å². The molecule has 3 atom stereocenters. The largest absolute Gasteiger partial charge is 0.364 e. The van der Waals surface area contributed by atoms with E-state index in [1.54, 1.807) is 11.3 Å². The lowest BCUT2D eigenvalue weighted by atomic mass is 9.97. The van der Waals surface area contributed by atoms with Gasteiger partial charge < -0.3 is 15.8 Å². The quantitative estimate of drug-likeness (QED) is 0.824. The Bertz CT molecular complexity index is 514. The van der Waals surface area contributed by atoms with Gasteiger partial charge >= 0.3 is 0 Å². The molecule has 0 aliphatic carbocycles. The van der Waals surface area contributed by atoms with Crippen LogP contribution in [-0.2, 0) is 9.53 Å². The van der Waals surface area contributed by atoms with Crippen molar-refractivity contribution < 1.29 is 9.53 Å². The summed E-state index contributed by atoms with van der Waals surface area (Å²) in [6.07, 6.45) is 3.84. The van der Waals surface area contributed by atoms with Gasteiger partial charge in [0.15, 0.2) is 0 Å². The van der Waals surface area contributed by atoms with E-state index in [1.807, 2.05) is 0 Å². The number of nitrogens with one attached hydrogen (secondary N) is 1. The minimum Gasteiger partial charge on any atom is -0.364 e. The molecule has 1 unspecified atom stereocenters. The highest BCUT2D eigenvalue weighted by Gasteiger charge is 2.31. The van der Waals surface area contributed by atoms with Gasteiger partial charge in [0.2, 0.25) is 5.91 Å². The van der Waals surface area contributed by atoms with Crippen molar-refractivity contribution in [2.24, 2.45) is 11.7 Å². The Labute approximate surface area is 148 Å². The lowest BCUT2D eigenvalue weighted by Gasteiger charge is -2.36. The molecule has 24 heavy (non-hydrogen) atoms. The number of nitrogens with two attached hydrogens (primary N) is 1. The lowest BCUT2D eigenvalue weighted by molar-refractivity contribution is -0.132. The summed E-state index contributed by atoms with van der Waals surface area (Å²) in [6.45, 7) is 5.68. The predicted octanol–water partition coefficient (Wildman–Crippen LogP) is 2.14. The second-order valence-electron chi connectivity index (χ2n) is 7.05. The number of likely N-dealkylation sites (tertiary alicyclic amines) is 1. The summed E-state index contributed by atoms with van der Waals surface area (Å²) >= 11 is 1.77. The third kappa shape index (κ3) is 4.36. The fourth-order valence-electron chi connectivity index (χ4n) is 3.61. The number of hydrogen-bond acceptors (Lipinski definition) is 5. The molecule has 2 fully saturated rings. The van der Waals surface area contributed by atoms with Gasteiger partial charge in [-0.25, -0.2) is 0 Å². The Morgan fingerprint density at radius 2 is 2.21 bits per heavy atom. The molecule has 3 rings (SSSR count). The Hall–Kier alpha value is -0.950. The van der Waals surface area contributed by atoms with Gasteiger partial charge in [-0.1, -0.05) is 13.0 Å². The standard InChI is InChI=1S/C18H29N3O2S/c1-13-6-8-21(9-7-13)15(17-3-2-10-24-17)12-20-18(22)16-5-4-14(11-19)23-16/h2-3,10,13-16H,4-9,11-12,19H2,1H3,(H,20,22)/t14-,15?,16+/m1/s1. The fraction of sp³-hybridized carbons (Fsp3) is 0.722. The first-order valence-corrected chi connectivity index (χ1v) is 9.96. The smallest absolute Gasteiger partial charge is 0.249 e. The van der Waals surface area contributed by atoms with Crippen molar-refractivity contribution >= 4 is 17.2 Å². The molecule has 0 radical (unpaired) electrons. The van der Waals surface area contributed by atoms with Crippen LogP contribution in [0.5, 0.6) is 0 Å². The molecule has 1 aromatic rings. The highest BCUT2D eigenvalue weighted by molar-refractivity contribution is 7.10. The number of ether oxygens (including phenoxy) is 1. The Kier molecular flexibility index (Phi) is 6.27. The SMILES string of the molecule is CC1CCN(C(CNC(=O)[C@@H]2CC[C@H](CN)O2)c2cccs2)CC1. The highest BCUT2D eigenvalue weighted by atomic mass is 32.1. The van der Waals surface area contributed by atoms with Crippen LogP contribution in [0.25, 0.3) is 0 Å². The predicted molar refractivity (Wildman–Crippen MR) is 97.0 cm³/mol. The van der Waals surface area contributed by atoms with Gasteiger partial charge in [-0.15, -0.1) is 11.3 Å². The molecule has 2 aliphatic heterocycles. The summed E-state index contributed by atoms with van der Waals surface area (Å²) in [5.41, 5.74) is 5.63. The zero-order valence-corrected chi connectivity index (χ0v) is 15.3. The number of thiophene rings is 1. The fourth-order valence-corrected chi connectivity index (χ4v) is 4.47. The molecular weight excluding hydrogens is 322 g/mol. The van der Waals surface area contributed by atoms with E-state index < -0.39 is 0 Å². The van der Waals surface area contributed by atoms with Crippen LogP contribution in [0.2, 0.25) is 0 Å². The van der Waals surface area contributed by atoms with Crippen LogP contribution in [0.15, 0.2) is 17.5 Å². The van der Waals surface area contributed by atoms with Crippen molar-refractivity contribution in [2.45, 2.75) is 50.9 Å². The molecule has 3 N–H and O–H groups in total. The summed E-state index contributed by atoms with van der Waals surface area (Å²) in [4.78, 5) is 16.3. The van der Waals surface area contributed by atoms with Crippen molar-refractivity contribution in [3.05, 3.63) is 22.4 Å². The summed E-state index contributed by atoms with van der Waals surface area (Å²) in [5.74, 6) is 0.817. The Morgan fingerprint density at radius 1 is 1.42 bits per heavy atom. The normalized spacial score (nSPS) is 27.2. The highest BCUT2D eigenvalue weighted by Crippen LogP contribution is 2.29. The maximum absolute atomic E-state index is 12.4. The van der Waals surface area contributed by atoms with E-state index in [0.717, 1.165) is 31.8 Å². The molecule has 1 amide bonds. The Balaban J connectivity index is 1.57. The van der Waals surface area contributed by atoms with Crippen LogP contribution in [0.1, 0.15) is 43.5 Å². The van der Waals surface area contributed by atoms with Gasteiger partial charge in [0.1, 0.15) is 6.10 Å². The summed E-state index contributed by atoms with van der Waals surface area (Å²) < 4.78 is 5.71.